The minimum atomic E-state index is 0. The number of nitrogens with zero attached hydrogens (tertiary/aromatic N) is 1. The number of benzene rings is 2. The summed E-state index contributed by atoms with van der Waals surface area (Å²) in [6.07, 6.45) is 3.55. The van der Waals surface area contributed by atoms with Gasteiger partial charge in [0.15, 0.2) is 5.96 Å². The highest BCUT2D eigenvalue weighted by Gasteiger charge is 2.43. The fraction of sp³-hybridized carbons (Fsp3) is 0.381. The van der Waals surface area contributed by atoms with Crippen LogP contribution in [0.15, 0.2) is 65.7 Å². The molecule has 3 N–H and O–H groups in total. The quantitative estimate of drug-likeness (QED) is 0.240. The molecule has 1 aliphatic carbocycles. The number of anilines is 1. The molecule has 1 fully saturated rings. The van der Waals surface area contributed by atoms with Gasteiger partial charge in [-0.15, -0.1) is 24.0 Å². The summed E-state index contributed by atoms with van der Waals surface area (Å²) in [4.78, 5) is 4.34. The van der Waals surface area contributed by atoms with Crippen LogP contribution in [-0.2, 0) is 5.41 Å². The minimum absolute atomic E-state index is 0. The summed E-state index contributed by atoms with van der Waals surface area (Å²) in [5.41, 5.74) is 2.90. The van der Waals surface area contributed by atoms with E-state index >= 15 is 0 Å². The lowest BCUT2D eigenvalue weighted by atomic mass is 9.96. The molecule has 0 aliphatic heterocycles. The second kappa shape index (κ2) is 10.4. The van der Waals surface area contributed by atoms with Crippen LogP contribution in [0, 0.1) is 0 Å². The summed E-state index contributed by atoms with van der Waals surface area (Å²) in [7, 11) is 1.83. The standard InChI is InChI=1S/C21H28N4.HI/c1-22-20(24-16-8-15-23-19-11-6-3-7-12-19)25-17-21(13-14-21)18-9-4-2-5-10-18;/h2-7,9-12,23H,8,13-17H2,1H3,(H2,22,24,25);1H. The van der Waals surface area contributed by atoms with E-state index < -0.39 is 0 Å². The van der Waals surface area contributed by atoms with Crippen molar-refractivity contribution in [2.24, 2.45) is 4.99 Å². The first-order chi connectivity index (χ1) is 12.3. The van der Waals surface area contributed by atoms with Crippen molar-refractivity contribution in [2.75, 3.05) is 32.0 Å². The van der Waals surface area contributed by atoms with Gasteiger partial charge in [-0.25, -0.2) is 0 Å². The number of halogens is 1. The number of guanidine groups is 1. The van der Waals surface area contributed by atoms with Gasteiger partial charge in [0.25, 0.3) is 0 Å². The van der Waals surface area contributed by atoms with E-state index in [1.165, 1.54) is 24.1 Å². The molecule has 0 spiro atoms. The highest BCUT2D eigenvalue weighted by molar-refractivity contribution is 14.0. The van der Waals surface area contributed by atoms with Crippen LogP contribution in [0.4, 0.5) is 5.69 Å². The highest BCUT2D eigenvalue weighted by Crippen LogP contribution is 2.47. The Balaban J connectivity index is 0.00000243. The van der Waals surface area contributed by atoms with Crippen molar-refractivity contribution in [3.05, 3.63) is 66.2 Å². The molecule has 5 heteroatoms. The maximum Gasteiger partial charge on any atom is 0.191 e. The molecule has 2 aromatic carbocycles. The first-order valence-corrected chi connectivity index (χ1v) is 9.11. The van der Waals surface area contributed by atoms with Crippen molar-refractivity contribution >= 4 is 35.6 Å². The van der Waals surface area contributed by atoms with Crippen LogP contribution in [0.1, 0.15) is 24.8 Å². The molecule has 3 rings (SSSR count). The fourth-order valence-corrected chi connectivity index (χ4v) is 3.07. The Bertz CT molecular complexity index is 669. The van der Waals surface area contributed by atoms with Gasteiger partial charge >= 0.3 is 0 Å². The van der Waals surface area contributed by atoms with Crippen molar-refractivity contribution < 1.29 is 0 Å². The van der Waals surface area contributed by atoms with Crippen LogP contribution in [0.3, 0.4) is 0 Å². The van der Waals surface area contributed by atoms with Crippen molar-refractivity contribution in [1.29, 1.82) is 0 Å². The normalized spacial score (nSPS) is 14.9. The zero-order valence-corrected chi connectivity index (χ0v) is 17.7. The molecule has 0 unspecified atom stereocenters. The molecule has 1 aliphatic rings. The molecule has 2 aromatic rings. The van der Waals surface area contributed by atoms with Crippen LogP contribution < -0.4 is 16.0 Å². The summed E-state index contributed by atoms with van der Waals surface area (Å²) >= 11 is 0. The van der Waals surface area contributed by atoms with Gasteiger partial charge in [-0.3, -0.25) is 4.99 Å². The third-order valence-corrected chi connectivity index (χ3v) is 4.81. The Kier molecular flexibility index (Phi) is 8.22. The van der Waals surface area contributed by atoms with Crippen LogP contribution in [0.2, 0.25) is 0 Å². The van der Waals surface area contributed by atoms with Gasteiger partial charge in [0.05, 0.1) is 0 Å². The van der Waals surface area contributed by atoms with Gasteiger partial charge < -0.3 is 16.0 Å². The first-order valence-electron chi connectivity index (χ1n) is 9.11. The molecule has 4 nitrogen and oxygen atoms in total. The van der Waals surface area contributed by atoms with E-state index in [0.29, 0.717) is 5.41 Å². The molecule has 0 radical (unpaired) electrons. The van der Waals surface area contributed by atoms with Crippen LogP contribution in [0.5, 0.6) is 0 Å². The third-order valence-electron chi connectivity index (χ3n) is 4.81. The Morgan fingerprint density at radius 2 is 1.58 bits per heavy atom. The molecular weight excluding hydrogens is 435 g/mol. The lowest BCUT2D eigenvalue weighted by molar-refractivity contribution is 0.643. The molecule has 1 saturated carbocycles. The molecule has 0 bridgehead atoms. The summed E-state index contributed by atoms with van der Waals surface area (Å²) < 4.78 is 0. The van der Waals surface area contributed by atoms with E-state index in [-0.39, 0.29) is 24.0 Å². The Labute approximate surface area is 173 Å². The topological polar surface area (TPSA) is 48.5 Å². The number of para-hydroxylation sites is 1. The Morgan fingerprint density at radius 3 is 2.19 bits per heavy atom. The van der Waals surface area contributed by atoms with Crippen molar-refractivity contribution in [2.45, 2.75) is 24.7 Å². The first kappa shape index (κ1) is 20.6. The van der Waals surface area contributed by atoms with Crippen molar-refractivity contribution in [1.82, 2.24) is 10.6 Å². The lowest BCUT2D eigenvalue weighted by Crippen LogP contribution is -2.41. The van der Waals surface area contributed by atoms with Crippen molar-refractivity contribution in [3.63, 3.8) is 0 Å². The van der Waals surface area contributed by atoms with Gasteiger partial charge in [0.1, 0.15) is 0 Å². The van der Waals surface area contributed by atoms with Gasteiger partial charge in [0.2, 0.25) is 0 Å². The molecule has 0 saturated heterocycles. The zero-order chi connectivity index (χ0) is 17.4. The maximum atomic E-state index is 4.34. The number of hydrogen-bond donors (Lipinski definition) is 3. The van der Waals surface area contributed by atoms with E-state index in [2.05, 4.69) is 63.4 Å². The van der Waals surface area contributed by atoms with E-state index in [0.717, 1.165) is 32.0 Å². The molecule has 0 atom stereocenters. The SMILES string of the molecule is CN=C(NCCCNc1ccccc1)NCC1(c2ccccc2)CC1.I. The zero-order valence-electron chi connectivity index (χ0n) is 15.4. The van der Waals surface area contributed by atoms with Gasteiger partial charge in [-0.2, -0.15) is 0 Å². The van der Waals surface area contributed by atoms with Crippen molar-refractivity contribution in [3.8, 4) is 0 Å². The monoisotopic (exact) mass is 464 g/mol. The largest absolute Gasteiger partial charge is 0.385 e. The van der Waals surface area contributed by atoms with E-state index in [4.69, 9.17) is 0 Å². The van der Waals surface area contributed by atoms with E-state index in [1.807, 2.05) is 25.2 Å². The van der Waals surface area contributed by atoms with Gasteiger partial charge in [-0.1, -0.05) is 48.5 Å². The highest BCUT2D eigenvalue weighted by atomic mass is 127. The van der Waals surface area contributed by atoms with Crippen LogP contribution in [0.25, 0.3) is 0 Å². The summed E-state index contributed by atoms with van der Waals surface area (Å²) in [6.45, 7) is 2.79. The smallest absolute Gasteiger partial charge is 0.191 e. The lowest BCUT2D eigenvalue weighted by Gasteiger charge is -2.19. The molecule has 0 aromatic heterocycles. The number of nitrogens with one attached hydrogen (secondary N) is 3. The minimum Gasteiger partial charge on any atom is -0.385 e. The average molecular weight is 464 g/mol. The Hall–Kier alpha value is -1.76. The maximum absolute atomic E-state index is 4.34. The number of rotatable bonds is 8. The summed E-state index contributed by atoms with van der Waals surface area (Å²) in [5, 5.41) is 10.3. The molecule has 26 heavy (non-hydrogen) atoms. The van der Waals surface area contributed by atoms with Crippen LogP contribution >= 0.6 is 24.0 Å². The number of hydrogen-bond acceptors (Lipinski definition) is 2. The fourth-order valence-electron chi connectivity index (χ4n) is 3.07. The Morgan fingerprint density at radius 1 is 0.923 bits per heavy atom. The van der Waals surface area contributed by atoms with Crippen LogP contribution in [-0.4, -0.2) is 32.6 Å². The predicted molar refractivity (Wildman–Crippen MR) is 122 cm³/mol. The number of aliphatic imine (C=N–C) groups is 1. The average Bonchev–Trinajstić information content (AvgIpc) is 3.47. The predicted octanol–water partition coefficient (Wildman–Crippen LogP) is 4.00. The molecule has 140 valence electrons. The summed E-state index contributed by atoms with van der Waals surface area (Å²) in [5.74, 6) is 0.891. The van der Waals surface area contributed by atoms with E-state index in [9.17, 15) is 0 Å². The molecular formula is C21H29IN4. The second-order valence-corrected chi connectivity index (χ2v) is 6.65. The summed E-state index contributed by atoms with van der Waals surface area (Å²) in [6, 6.07) is 21.1. The van der Waals surface area contributed by atoms with Gasteiger partial charge in [0, 0.05) is 37.8 Å². The molecule has 0 amide bonds. The third kappa shape index (κ3) is 5.90. The van der Waals surface area contributed by atoms with E-state index in [1.54, 1.807) is 0 Å². The van der Waals surface area contributed by atoms with Gasteiger partial charge in [-0.05, 0) is 37.0 Å². The molecule has 0 heterocycles. The second-order valence-electron chi connectivity index (χ2n) is 6.65.